The summed E-state index contributed by atoms with van der Waals surface area (Å²) in [6, 6.07) is 12.2. The van der Waals surface area contributed by atoms with Gasteiger partial charge in [-0.3, -0.25) is 19.2 Å². The second-order valence-electron chi connectivity index (χ2n) is 7.35. The standard InChI is InChI=1S/C22H12O8S/c23-17-11-3-1-9(7-13(11)19(25)21(17,27)28)15-5-6-16(31-15)10-2-4-12-14(8-10)20(26)22(29,30)18(12)24/h1-8,27-30H. The Balaban J connectivity index is 1.52. The molecule has 0 amide bonds. The van der Waals surface area contributed by atoms with Gasteiger partial charge < -0.3 is 20.4 Å². The van der Waals surface area contributed by atoms with E-state index in [1.54, 1.807) is 24.3 Å². The van der Waals surface area contributed by atoms with Gasteiger partial charge in [-0.2, -0.15) is 0 Å². The first-order valence-corrected chi connectivity index (χ1v) is 9.82. The van der Waals surface area contributed by atoms with Gasteiger partial charge in [0, 0.05) is 32.0 Å². The molecule has 0 unspecified atom stereocenters. The SMILES string of the molecule is O=C1c2ccc(-c3ccc(-c4ccc5c(c4)C(=O)C(O)(O)C5=O)s3)cc2C(=O)C1(O)O. The number of carbonyl (C=O) groups is 4. The zero-order valence-corrected chi connectivity index (χ0v) is 16.3. The maximum atomic E-state index is 12.1. The lowest BCUT2D eigenvalue weighted by Gasteiger charge is -2.08. The number of thiophene rings is 1. The summed E-state index contributed by atoms with van der Waals surface area (Å²) in [4.78, 5) is 49.6. The fourth-order valence-corrected chi connectivity index (χ4v) is 4.77. The third kappa shape index (κ3) is 2.55. The molecule has 5 rings (SSSR count). The topological polar surface area (TPSA) is 149 Å². The Morgan fingerprint density at radius 2 is 0.871 bits per heavy atom. The van der Waals surface area contributed by atoms with Crippen molar-refractivity contribution in [3.05, 3.63) is 70.8 Å². The molecule has 154 valence electrons. The van der Waals surface area contributed by atoms with Crippen molar-refractivity contribution in [2.45, 2.75) is 11.6 Å². The lowest BCUT2D eigenvalue weighted by Crippen LogP contribution is -2.40. The van der Waals surface area contributed by atoms with E-state index in [4.69, 9.17) is 0 Å². The molecule has 8 nitrogen and oxygen atoms in total. The first-order chi connectivity index (χ1) is 14.5. The van der Waals surface area contributed by atoms with E-state index in [1.165, 1.54) is 35.6 Å². The van der Waals surface area contributed by atoms with Crippen molar-refractivity contribution in [1.29, 1.82) is 0 Å². The monoisotopic (exact) mass is 436 g/mol. The van der Waals surface area contributed by atoms with Crippen molar-refractivity contribution in [3.8, 4) is 20.9 Å². The molecule has 3 aromatic rings. The van der Waals surface area contributed by atoms with Gasteiger partial charge in [-0.1, -0.05) is 12.1 Å². The van der Waals surface area contributed by atoms with Gasteiger partial charge in [0.15, 0.2) is 0 Å². The normalized spacial score (nSPS) is 18.5. The minimum atomic E-state index is -3.05. The quantitative estimate of drug-likeness (QED) is 0.346. The maximum Gasteiger partial charge on any atom is 0.295 e. The predicted octanol–water partition coefficient (Wildman–Crippen LogP) is 1.20. The number of carbonyl (C=O) groups excluding carboxylic acids is 4. The summed E-state index contributed by atoms with van der Waals surface area (Å²) in [5.41, 5.74) is 0.872. The molecule has 9 heteroatoms. The molecule has 2 aromatic carbocycles. The van der Waals surface area contributed by atoms with E-state index in [0.29, 0.717) is 20.9 Å². The van der Waals surface area contributed by atoms with Gasteiger partial charge in [-0.15, -0.1) is 11.3 Å². The van der Waals surface area contributed by atoms with E-state index < -0.39 is 34.7 Å². The van der Waals surface area contributed by atoms with Crippen LogP contribution in [-0.2, 0) is 0 Å². The molecule has 31 heavy (non-hydrogen) atoms. The molecule has 0 spiro atoms. The summed E-state index contributed by atoms with van der Waals surface area (Å²) in [6.45, 7) is 0. The highest BCUT2D eigenvalue weighted by molar-refractivity contribution is 7.18. The van der Waals surface area contributed by atoms with Crippen molar-refractivity contribution >= 4 is 34.5 Å². The number of rotatable bonds is 2. The summed E-state index contributed by atoms with van der Waals surface area (Å²) in [5, 5.41) is 38.8. The van der Waals surface area contributed by atoms with Gasteiger partial charge in [-0.25, -0.2) is 0 Å². The summed E-state index contributed by atoms with van der Waals surface area (Å²) in [7, 11) is 0. The molecular weight excluding hydrogens is 424 g/mol. The fraction of sp³-hybridized carbons (Fsp3) is 0.0909. The molecule has 0 fully saturated rings. The van der Waals surface area contributed by atoms with E-state index in [1.807, 2.05) is 0 Å². The highest BCUT2D eigenvalue weighted by Gasteiger charge is 2.51. The molecule has 2 aliphatic rings. The number of aliphatic hydroxyl groups is 4. The van der Waals surface area contributed by atoms with Gasteiger partial charge in [-0.05, 0) is 47.5 Å². The first kappa shape index (κ1) is 19.6. The molecule has 0 radical (unpaired) electrons. The van der Waals surface area contributed by atoms with Crippen LogP contribution in [0.5, 0.6) is 0 Å². The highest BCUT2D eigenvalue weighted by atomic mass is 32.1. The first-order valence-electron chi connectivity index (χ1n) is 9.01. The molecule has 1 aromatic heterocycles. The number of benzene rings is 2. The van der Waals surface area contributed by atoms with Gasteiger partial charge in [0.05, 0.1) is 0 Å². The summed E-state index contributed by atoms with van der Waals surface area (Å²) in [5.74, 6) is -10.4. The maximum absolute atomic E-state index is 12.1. The van der Waals surface area contributed by atoms with E-state index >= 15 is 0 Å². The van der Waals surface area contributed by atoms with Crippen LogP contribution >= 0.6 is 11.3 Å². The second-order valence-corrected chi connectivity index (χ2v) is 8.43. The van der Waals surface area contributed by atoms with Crippen LogP contribution in [0.2, 0.25) is 0 Å². The van der Waals surface area contributed by atoms with Gasteiger partial charge in [0.2, 0.25) is 23.1 Å². The van der Waals surface area contributed by atoms with Gasteiger partial charge in [0.1, 0.15) is 0 Å². The molecule has 4 N–H and O–H groups in total. The van der Waals surface area contributed by atoms with Crippen molar-refractivity contribution in [1.82, 2.24) is 0 Å². The zero-order valence-electron chi connectivity index (χ0n) is 15.4. The molecule has 1 heterocycles. The molecule has 0 aliphatic heterocycles. The third-order valence-corrected chi connectivity index (χ3v) is 6.64. The van der Waals surface area contributed by atoms with Gasteiger partial charge >= 0.3 is 0 Å². The smallest absolute Gasteiger partial charge is 0.295 e. The summed E-state index contributed by atoms with van der Waals surface area (Å²) in [6.07, 6.45) is 0. The van der Waals surface area contributed by atoms with Crippen LogP contribution in [0.4, 0.5) is 0 Å². The Morgan fingerprint density at radius 3 is 1.26 bits per heavy atom. The fourth-order valence-electron chi connectivity index (χ4n) is 3.77. The molecule has 2 aliphatic carbocycles. The van der Waals surface area contributed by atoms with E-state index in [0.717, 1.165) is 0 Å². The lowest BCUT2D eigenvalue weighted by molar-refractivity contribution is -0.0857. The molecule has 0 bridgehead atoms. The number of Topliss-reactive ketones (excluding diaryl/α,β-unsaturated/α-hetero) is 4. The lowest BCUT2D eigenvalue weighted by atomic mass is 10.0. The van der Waals surface area contributed by atoms with Crippen molar-refractivity contribution in [2.75, 3.05) is 0 Å². The van der Waals surface area contributed by atoms with Crippen molar-refractivity contribution in [2.24, 2.45) is 0 Å². The third-order valence-electron chi connectivity index (χ3n) is 5.46. The summed E-state index contributed by atoms with van der Waals surface area (Å²) < 4.78 is 0. The number of hydrogen-bond acceptors (Lipinski definition) is 9. The zero-order chi connectivity index (χ0) is 22.3. The van der Waals surface area contributed by atoms with E-state index in [-0.39, 0.29) is 22.3 Å². The summed E-state index contributed by atoms with van der Waals surface area (Å²) >= 11 is 1.29. The predicted molar refractivity (Wildman–Crippen MR) is 107 cm³/mol. The van der Waals surface area contributed by atoms with Crippen LogP contribution in [0.1, 0.15) is 41.4 Å². The van der Waals surface area contributed by atoms with Crippen molar-refractivity contribution < 1.29 is 39.6 Å². The molecule has 0 atom stereocenters. The minimum Gasteiger partial charge on any atom is -0.353 e. The highest BCUT2D eigenvalue weighted by Crippen LogP contribution is 2.39. The average molecular weight is 436 g/mol. The largest absolute Gasteiger partial charge is 0.353 e. The van der Waals surface area contributed by atoms with Gasteiger partial charge in [0.25, 0.3) is 11.6 Å². The van der Waals surface area contributed by atoms with Crippen LogP contribution < -0.4 is 0 Å². The Kier molecular flexibility index (Phi) is 3.86. The molecule has 0 saturated carbocycles. The number of fused-ring (bicyclic) bond motifs is 2. The van der Waals surface area contributed by atoms with Crippen LogP contribution in [0, 0.1) is 0 Å². The van der Waals surface area contributed by atoms with Crippen LogP contribution in [0.3, 0.4) is 0 Å². The number of ketones is 4. The van der Waals surface area contributed by atoms with E-state index in [9.17, 15) is 39.6 Å². The Labute approximate surface area is 177 Å². The Bertz CT molecular complexity index is 1260. The Hall–Kier alpha value is -3.34. The molecular formula is C22H12O8S. The minimum absolute atomic E-state index is 0.0613. The number of hydrogen-bond donors (Lipinski definition) is 4. The van der Waals surface area contributed by atoms with E-state index in [2.05, 4.69) is 0 Å². The van der Waals surface area contributed by atoms with Crippen LogP contribution in [-0.4, -0.2) is 55.1 Å². The van der Waals surface area contributed by atoms with Crippen LogP contribution in [0.25, 0.3) is 20.9 Å². The molecule has 0 saturated heterocycles. The van der Waals surface area contributed by atoms with Crippen LogP contribution in [0.15, 0.2) is 48.5 Å². The van der Waals surface area contributed by atoms with Crippen molar-refractivity contribution in [3.63, 3.8) is 0 Å². The Morgan fingerprint density at radius 1 is 0.516 bits per heavy atom. The second kappa shape index (κ2) is 6.10. The average Bonchev–Trinajstić information content (AvgIpc) is 3.36.